The fourth-order valence-electron chi connectivity index (χ4n) is 1.99. The summed E-state index contributed by atoms with van der Waals surface area (Å²) in [4.78, 5) is 20.5. The summed E-state index contributed by atoms with van der Waals surface area (Å²) in [5.74, 6) is 0.588. The highest BCUT2D eigenvalue weighted by Crippen LogP contribution is 2.24. The number of anilines is 2. The van der Waals surface area contributed by atoms with E-state index in [4.69, 9.17) is 0 Å². The molecule has 1 rings (SSSR count). The third-order valence-electron chi connectivity index (χ3n) is 2.67. The maximum absolute atomic E-state index is 11.0. The molecule has 112 valence electrons. The summed E-state index contributed by atoms with van der Waals surface area (Å²) in [6, 6.07) is 0. The molecule has 0 spiro atoms. The Morgan fingerprint density at radius 1 is 1.45 bits per heavy atom. The summed E-state index contributed by atoms with van der Waals surface area (Å²) in [7, 11) is 5.66. The van der Waals surface area contributed by atoms with Gasteiger partial charge in [0.25, 0.3) is 0 Å². The summed E-state index contributed by atoms with van der Waals surface area (Å²) in [6.07, 6.45) is 1.21. The van der Waals surface area contributed by atoms with Crippen LogP contribution < -0.4 is 10.6 Å². The van der Waals surface area contributed by atoms with Gasteiger partial charge in [0.15, 0.2) is 0 Å². The second kappa shape index (κ2) is 6.47. The van der Waals surface area contributed by atoms with E-state index >= 15 is 0 Å². The van der Waals surface area contributed by atoms with Gasteiger partial charge in [-0.15, -0.1) is 0 Å². The number of hydrogen-bond donors (Lipinski definition) is 2. The molecule has 1 heterocycles. The van der Waals surface area contributed by atoms with Gasteiger partial charge in [-0.05, 0) is 19.5 Å². The molecule has 0 saturated carbocycles. The van der Waals surface area contributed by atoms with Crippen LogP contribution in [0.2, 0.25) is 0 Å². The van der Waals surface area contributed by atoms with Gasteiger partial charge in [-0.3, -0.25) is 10.1 Å². The molecule has 0 aromatic carbocycles. The predicted octanol–water partition coefficient (Wildman–Crippen LogP) is 1.43. The number of hydrogen-bond acceptors (Lipinski definition) is 7. The number of aromatic nitrogens is 2. The molecule has 0 aliphatic carbocycles. The lowest BCUT2D eigenvalue weighted by Gasteiger charge is -2.28. The first-order valence-electron chi connectivity index (χ1n) is 6.33. The first-order valence-corrected chi connectivity index (χ1v) is 6.33. The maximum Gasteiger partial charge on any atom is 0.329 e. The average molecular weight is 282 g/mol. The molecule has 8 heteroatoms. The first kappa shape index (κ1) is 16.1. The molecule has 0 saturated heterocycles. The Hall–Kier alpha value is -1.96. The van der Waals surface area contributed by atoms with Crippen LogP contribution in [0.3, 0.4) is 0 Å². The lowest BCUT2D eigenvalue weighted by atomic mass is 9.93. The maximum atomic E-state index is 11.0. The van der Waals surface area contributed by atoms with Crippen molar-refractivity contribution in [1.82, 2.24) is 14.9 Å². The number of nitrogens with one attached hydrogen (secondary N) is 2. The third-order valence-corrected chi connectivity index (χ3v) is 2.67. The van der Waals surface area contributed by atoms with E-state index in [0.717, 1.165) is 6.54 Å². The SMILES string of the molecule is CNc1ncc([N+](=O)[O-])c(NCC(C)(C)CN(C)C)n1. The van der Waals surface area contributed by atoms with Crippen molar-refractivity contribution in [2.75, 3.05) is 44.9 Å². The minimum absolute atomic E-state index is 0.0396. The minimum atomic E-state index is -0.485. The molecule has 1 aromatic heterocycles. The van der Waals surface area contributed by atoms with E-state index in [9.17, 15) is 10.1 Å². The summed E-state index contributed by atoms with van der Waals surface area (Å²) in [5, 5.41) is 16.8. The van der Waals surface area contributed by atoms with Crippen molar-refractivity contribution in [3.05, 3.63) is 16.3 Å². The molecule has 0 fully saturated rings. The van der Waals surface area contributed by atoms with Crippen LogP contribution in [0.25, 0.3) is 0 Å². The van der Waals surface area contributed by atoms with Crippen LogP contribution in [0, 0.1) is 15.5 Å². The van der Waals surface area contributed by atoms with Crippen LogP contribution >= 0.6 is 0 Å². The molecular formula is C12H22N6O2. The highest BCUT2D eigenvalue weighted by atomic mass is 16.6. The first-order chi connectivity index (χ1) is 9.25. The predicted molar refractivity (Wildman–Crippen MR) is 79.1 cm³/mol. The van der Waals surface area contributed by atoms with Crippen molar-refractivity contribution in [3.8, 4) is 0 Å². The van der Waals surface area contributed by atoms with Gasteiger partial charge in [0, 0.05) is 20.1 Å². The monoisotopic (exact) mass is 282 g/mol. The minimum Gasteiger partial charge on any atom is -0.364 e. The van der Waals surface area contributed by atoms with E-state index in [1.807, 2.05) is 14.1 Å². The number of nitro groups is 1. The van der Waals surface area contributed by atoms with Crippen LogP contribution in [0.4, 0.5) is 17.5 Å². The fraction of sp³-hybridized carbons (Fsp3) is 0.667. The molecule has 0 atom stereocenters. The highest BCUT2D eigenvalue weighted by Gasteiger charge is 2.22. The van der Waals surface area contributed by atoms with Crippen LogP contribution in [0.15, 0.2) is 6.20 Å². The Bertz CT molecular complexity index is 475. The quantitative estimate of drug-likeness (QED) is 0.576. The van der Waals surface area contributed by atoms with Gasteiger partial charge in [-0.25, -0.2) is 4.98 Å². The summed E-state index contributed by atoms with van der Waals surface area (Å²) >= 11 is 0. The van der Waals surface area contributed by atoms with Gasteiger partial charge in [-0.2, -0.15) is 4.98 Å². The van der Waals surface area contributed by atoms with Crippen molar-refractivity contribution >= 4 is 17.5 Å². The topological polar surface area (TPSA) is 96.2 Å². The van der Waals surface area contributed by atoms with E-state index in [1.54, 1.807) is 7.05 Å². The standard InChI is InChI=1S/C12H22N6O2/c1-12(2,8-17(4)5)7-15-10-9(18(19)20)6-14-11(13-3)16-10/h6H,7-8H2,1-5H3,(H2,13,14,15,16). The normalized spacial score (nSPS) is 11.5. The van der Waals surface area contributed by atoms with Crippen molar-refractivity contribution in [1.29, 1.82) is 0 Å². The molecule has 0 radical (unpaired) electrons. The van der Waals surface area contributed by atoms with Crippen molar-refractivity contribution < 1.29 is 4.92 Å². The van der Waals surface area contributed by atoms with E-state index in [1.165, 1.54) is 6.20 Å². The molecule has 0 amide bonds. The molecular weight excluding hydrogens is 260 g/mol. The Morgan fingerprint density at radius 2 is 2.10 bits per heavy atom. The van der Waals surface area contributed by atoms with E-state index in [-0.39, 0.29) is 16.9 Å². The summed E-state index contributed by atoms with van der Waals surface area (Å²) in [6.45, 7) is 5.61. The second-order valence-corrected chi connectivity index (χ2v) is 5.69. The van der Waals surface area contributed by atoms with Crippen molar-refractivity contribution in [2.45, 2.75) is 13.8 Å². The molecule has 0 aliphatic heterocycles. The fourth-order valence-corrected chi connectivity index (χ4v) is 1.99. The number of nitrogens with zero attached hydrogens (tertiary/aromatic N) is 4. The second-order valence-electron chi connectivity index (χ2n) is 5.69. The van der Waals surface area contributed by atoms with E-state index in [0.29, 0.717) is 12.5 Å². The van der Waals surface area contributed by atoms with Crippen LogP contribution in [0.5, 0.6) is 0 Å². The van der Waals surface area contributed by atoms with Crippen LogP contribution in [-0.2, 0) is 0 Å². The zero-order chi connectivity index (χ0) is 15.3. The number of rotatable bonds is 7. The molecule has 1 aromatic rings. The summed E-state index contributed by atoms with van der Waals surface area (Å²) in [5.41, 5.74) is -0.160. The molecule has 20 heavy (non-hydrogen) atoms. The Balaban J connectivity index is 2.87. The molecule has 0 aliphatic rings. The zero-order valence-corrected chi connectivity index (χ0v) is 12.6. The smallest absolute Gasteiger partial charge is 0.329 e. The van der Waals surface area contributed by atoms with Gasteiger partial charge in [0.2, 0.25) is 11.8 Å². The Morgan fingerprint density at radius 3 is 2.60 bits per heavy atom. The highest BCUT2D eigenvalue weighted by molar-refractivity contribution is 5.56. The van der Waals surface area contributed by atoms with Gasteiger partial charge < -0.3 is 15.5 Å². The molecule has 0 unspecified atom stereocenters. The van der Waals surface area contributed by atoms with Crippen LogP contribution in [-0.4, -0.2) is 54.0 Å². The van der Waals surface area contributed by atoms with E-state index in [2.05, 4.69) is 39.3 Å². The lowest BCUT2D eigenvalue weighted by molar-refractivity contribution is -0.384. The molecule has 0 bridgehead atoms. The van der Waals surface area contributed by atoms with Gasteiger partial charge in [0.1, 0.15) is 6.20 Å². The summed E-state index contributed by atoms with van der Waals surface area (Å²) < 4.78 is 0. The Kier molecular flexibility index (Phi) is 5.20. The lowest BCUT2D eigenvalue weighted by Crippen LogP contribution is -2.34. The Labute approximate surface area is 118 Å². The average Bonchev–Trinajstić information content (AvgIpc) is 2.34. The largest absolute Gasteiger partial charge is 0.364 e. The van der Waals surface area contributed by atoms with Gasteiger partial charge in [-0.1, -0.05) is 13.8 Å². The van der Waals surface area contributed by atoms with Crippen molar-refractivity contribution in [2.24, 2.45) is 5.41 Å². The molecule has 2 N–H and O–H groups in total. The van der Waals surface area contributed by atoms with Crippen LogP contribution in [0.1, 0.15) is 13.8 Å². The van der Waals surface area contributed by atoms with Gasteiger partial charge >= 0.3 is 5.69 Å². The third kappa shape index (κ3) is 4.61. The van der Waals surface area contributed by atoms with Gasteiger partial charge in [0.05, 0.1) is 4.92 Å². The van der Waals surface area contributed by atoms with Crippen molar-refractivity contribution in [3.63, 3.8) is 0 Å². The molecule has 8 nitrogen and oxygen atoms in total. The zero-order valence-electron chi connectivity index (χ0n) is 12.6. The van der Waals surface area contributed by atoms with E-state index < -0.39 is 4.92 Å².